The summed E-state index contributed by atoms with van der Waals surface area (Å²) in [6, 6.07) is 4.76. The van der Waals surface area contributed by atoms with Crippen LogP contribution >= 0.6 is 11.6 Å². The van der Waals surface area contributed by atoms with Crippen molar-refractivity contribution in [3.63, 3.8) is 0 Å². The molecule has 1 aromatic carbocycles. The van der Waals surface area contributed by atoms with E-state index in [9.17, 15) is 14.7 Å². The Kier molecular flexibility index (Phi) is 3.07. The summed E-state index contributed by atoms with van der Waals surface area (Å²) in [4.78, 5) is 26.9. The minimum atomic E-state index is -1.11. The van der Waals surface area contributed by atoms with Gasteiger partial charge in [-0.15, -0.1) is 0 Å². The molecule has 0 aromatic heterocycles. The highest BCUT2D eigenvalue weighted by Gasteiger charge is 2.67. The van der Waals surface area contributed by atoms with Crippen LogP contribution in [0.3, 0.4) is 0 Å². The average Bonchev–Trinajstić information content (AvgIpc) is 3.18. The summed E-state index contributed by atoms with van der Waals surface area (Å²) in [5, 5.41) is 10.1. The molecule has 3 heterocycles. The molecular formula is C16H14ClNO5. The highest BCUT2D eigenvalue weighted by atomic mass is 35.5. The predicted octanol–water partition coefficient (Wildman–Crippen LogP) is 1.15. The smallest absolute Gasteiger partial charge is 0.241 e. The summed E-state index contributed by atoms with van der Waals surface area (Å²) in [7, 11) is 1.46. The van der Waals surface area contributed by atoms with Crippen LogP contribution in [0.5, 0.6) is 5.75 Å². The van der Waals surface area contributed by atoms with Gasteiger partial charge in [-0.1, -0.05) is 23.8 Å². The van der Waals surface area contributed by atoms with Crippen molar-refractivity contribution >= 4 is 29.1 Å². The zero-order valence-electron chi connectivity index (χ0n) is 12.2. The Morgan fingerprint density at radius 2 is 2.17 bits per heavy atom. The first-order valence-corrected chi connectivity index (χ1v) is 7.59. The molecule has 4 rings (SSSR count). The molecule has 3 aliphatic heterocycles. The van der Waals surface area contributed by atoms with Gasteiger partial charge in [-0.2, -0.15) is 0 Å². The SMILES string of the molecule is COc1ccc(Cl)cc1N1C(=O)[C@H]2[C@H]3C=C[C@@](CO)(O3)[C@H]2C1=O. The van der Waals surface area contributed by atoms with Crippen LogP contribution in [-0.2, 0) is 14.3 Å². The second-order valence-corrected chi connectivity index (χ2v) is 6.32. The number of fused-ring (bicyclic) bond motifs is 5. The van der Waals surface area contributed by atoms with Crippen molar-refractivity contribution in [1.82, 2.24) is 0 Å². The van der Waals surface area contributed by atoms with E-state index in [1.165, 1.54) is 13.2 Å². The number of hydrogen-bond donors (Lipinski definition) is 1. The lowest BCUT2D eigenvalue weighted by Crippen LogP contribution is -2.43. The molecule has 0 radical (unpaired) electrons. The predicted molar refractivity (Wildman–Crippen MR) is 81.3 cm³/mol. The van der Waals surface area contributed by atoms with Gasteiger partial charge in [0.15, 0.2) is 0 Å². The molecule has 4 atom stereocenters. The number of nitrogens with zero attached hydrogens (tertiary/aromatic N) is 1. The van der Waals surface area contributed by atoms with Crippen LogP contribution in [0.1, 0.15) is 0 Å². The fraction of sp³-hybridized carbons (Fsp3) is 0.375. The number of aliphatic hydroxyl groups excluding tert-OH is 1. The van der Waals surface area contributed by atoms with E-state index in [1.54, 1.807) is 24.3 Å². The zero-order chi connectivity index (χ0) is 16.4. The molecule has 23 heavy (non-hydrogen) atoms. The first-order chi connectivity index (χ1) is 11.0. The van der Waals surface area contributed by atoms with Crippen LogP contribution in [-0.4, -0.2) is 42.3 Å². The van der Waals surface area contributed by atoms with E-state index in [2.05, 4.69) is 0 Å². The number of imide groups is 1. The summed E-state index contributed by atoms with van der Waals surface area (Å²) in [6.07, 6.45) is 2.93. The van der Waals surface area contributed by atoms with E-state index < -0.39 is 29.4 Å². The van der Waals surface area contributed by atoms with Crippen molar-refractivity contribution in [2.45, 2.75) is 11.7 Å². The molecule has 1 N–H and O–H groups in total. The topological polar surface area (TPSA) is 76.1 Å². The van der Waals surface area contributed by atoms with Crippen molar-refractivity contribution < 1.29 is 24.2 Å². The minimum absolute atomic E-state index is 0.317. The molecular weight excluding hydrogens is 322 g/mol. The Hall–Kier alpha value is -1.89. The van der Waals surface area contributed by atoms with Crippen LogP contribution in [0.4, 0.5) is 5.69 Å². The van der Waals surface area contributed by atoms with Gasteiger partial charge < -0.3 is 14.6 Å². The van der Waals surface area contributed by atoms with Crippen LogP contribution in [0.15, 0.2) is 30.4 Å². The van der Waals surface area contributed by atoms with E-state index in [4.69, 9.17) is 21.1 Å². The molecule has 0 saturated carbocycles. The summed E-state index contributed by atoms with van der Waals surface area (Å²) in [5.74, 6) is -1.72. The quantitative estimate of drug-likeness (QED) is 0.662. The Balaban J connectivity index is 1.81. The molecule has 2 fully saturated rings. The Labute approximate surface area is 137 Å². The van der Waals surface area contributed by atoms with Crippen LogP contribution in [0.2, 0.25) is 5.02 Å². The van der Waals surface area contributed by atoms with E-state index in [0.717, 1.165) is 4.90 Å². The van der Waals surface area contributed by atoms with Crippen molar-refractivity contribution in [1.29, 1.82) is 0 Å². The number of hydrogen-bond acceptors (Lipinski definition) is 5. The van der Waals surface area contributed by atoms with E-state index in [1.807, 2.05) is 0 Å². The van der Waals surface area contributed by atoms with Gasteiger partial charge in [0.1, 0.15) is 11.4 Å². The van der Waals surface area contributed by atoms with Gasteiger partial charge in [0.05, 0.1) is 37.3 Å². The molecule has 0 spiro atoms. The molecule has 2 bridgehead atoms. The second-order valence-electron chi connectivity index (χ2n) is 5.89. The molecule has 1 aromatic rings. The van der Waals surface area contributed by atoms with Gasteiger partial charge in [-0.05, 0) is 18.2 Å². The van der Waals surface area contributed by atoms with Gasteiger partial charge in [0, 0.05) is 5.02 Å². The van der Waals surface area contributed by atoms with Crippen LogP contribution in [0, 0.1) is 11.8 Å². The Morgan fingerprint density at radius 1 is 1.39 bits per heavy atom. The molecule has 0 aliphatic carbocycles. The van der Waals surface area contributed by atoms with Gasteiger partial charge >= 0.3 is 0 Å². The Morgan fingerprint density at radius 3 is 2.87 bits per heavy atom. The Bertz CT molecular complexity index is 748. The van der Waals surface area contributed by atoms with Gasteiger partial charge in [0.25, 0.3) is 0 Å². The number of rotatable bonds is 3. The summed E-state index contributed by atoms with van der Waals surface area (Å²) < 4.78 is 10.9. The molecule has 120 valence electrons. The number of anilines is 1. The third-order valence-electron chi connectivity index (χ3n) is 4.78. The molecule has 6 nitrogen and oxygen atoms in total. The highest BCUT2D eigenvalue weighted by molar-refractivity contribution is 6.31. The number of carbonyl (C=O) groups is 2. The third kappa shape index (κ3) is 1.77. The summed E-state index contributed by atoms with van der Waals surface area (Å²) in [5.41, 5.74) is -0.792. The molecule has 7 heteroatoms. The molecule has 2 amide bonds. The average molecular weight is 336 g/mol. The van der Waals surface area contributed by atoms with E-state index in [0.29, 0.717) is 16.5 Å². The first kappa shape index (κ1) is 14.7. The van der Waals surface area contributed by atoms with E-state index in [-0.39, 0.29) is 12.5 Å². The number of halogens is 1. The number of amides is 2. The van der Waals surface area contributed by atoms with Crippen LogP contribution < -0.4 is 9.64 Å². The second kappa shape index (κ2) is 4.80. The summed E-state index contributed by atoms with van der Waals surface area (Å²) in [6.45, 7) is -0.347. The maximum absolute atomic E-state index is 12.9. The molecule has 2 saturated heterocycles. The summed E-state index contributed by atoms with van der Waals surface area (Å²) >= 11 is 6.01. The maximum atomic E-state index is 12.9. The number of ether oxygens (including phenoxy) is 2. The molecule has 0 unspecified atom stereocenters. The third-order valence-corrected chi connectivity index (χ3v) is 5.02. The van der Waals surface area contributed by atoms with Crippen LogP contribution in [0.25, 0.3) is 0 Å². The largest absolute Gasteiger partial charge is 0.495 e. The van der Waals surface area contributed by atoms with Gasteiger partial charge in [-0.25, -0.2) is 4.90 Å². The lowest BCUT2D eigenvalue weighted by atomic mass is 9.77. The standard InChI is InChI=1S/C16H14ClNO5/c1-22-10-3-2-8(17)6-9(10)18-14(20)12-11-4-5-16(7-19,23-11)13(12)15(18)21/h2-6,11-13,19H,7H2,1H3/t11-,12+,13-,16+/m1/s1. The number of benzene rings is 1. The zero-order valence-corrected chi connectivity index (χ0v) is 13.0. The number of methoxy groups -OCH3 is 1. The maximum Gasteiger partial charge on any atom is 0.241 e. The van der Waals surface area contributed by atoms with Crippen molar-refractivity contribution in [2.24, 2.45) is 11.8 Å². The van der Waals surface area contributed by atoms with Gasteiger partial charge in [-0.3, -0.25) is 9.59 Å². The lowest BCUT2D eigenvalue weighted by molar-refractivity contribution is -0.128. The normalized spacial score (nSPS) is 34.4. The van der Waals surface area contributed by atoms with Gasteiger partial charge in [0.2, 0.25) is 11.8 Å². The minimum Gasteiger partial charge on any atom is -0.495 e. The number of carbonyl (C=O) groups excluding carboxylic acids is 2. The first-order valence-electron chi connectivity index (χ1n) is 7.22. The molecule has 3 aliphatic rings. The highest BCUT2D eigenvalue weighted by Crippen LogP contribution is 2.53. The monoisotopic (exact) mass is 335 g/mol. The fourth-order valence-electron chi connectivity index (χ4n) is 3.76. The van der Waals surface area contributed by atoms with Crippen molar-refractivity contribution in [3.8, 4) is 5.75 Å². The number of aliphatic hydroxyl groups is 1. The lowest BCUT2D eigenvalue weighted by Gasteiger charge is -2.26. The van der Waals surface area contributed by atoms with E-state index >= 15 is 0 Å². The van der Waals surface area contributed by atoms with Crippen molar-refractivity contribution in [3.05, 3.63) is 35.4 Å². The fourth-order valence-corrected chi connectivity index (χ4v) is 3.93. The van der Waals surface area contributed by atoms with Crippen molar-refractivity contribution in [2.75, 3.05) is 18.6 Å².